The molecule has 41 heavy (non-hydrogen) atoms. The number of aromatic nitrogens is 1. The third kappa shape index (κ3) is 7.96. The number of aromatic amines is 1. The lowest BCUT2D eigenvalue weighted by Gasteiger charge is -2.19. The topological polar surface area (TPSA) is 124 Å². The van der Waals surface area contributed by atoms with Crippen molar-refractivity contribution < 1.29 is 24.5 Å². The first kappa shape index (κ1) is 29.8. The molecule has 4 aromatic rings. The molecule has 4 rings (SSSR count). The quantitative estimate of drug-likeness (QED) is 0.142. The summed E-state index contributed by atoms with van der Waals surface area (Å²) in [5.74, 6) is -0.0210. The summed E-state index contributed by atoms with van der Waals surface area (Å²) in [5.41, 5.74) is 4.61. The minimum atomic E-state index is -0.487. The maximum atomic E-state index is 13.5. The van der Waals surface area contributed by atoms with Gasteiger partial charge in [-0.05, 0) is 86.6 Å². The Morgan fingerprint density at radius 1 is 0.902 bits per heavy atom. The Labute approximate surface area is 240 Å². The first-order valence-electron chi connectivity index (χ1n) is 14.2. The van der Waals surface area contributed by atoms with E-state index in [0.29, 0.717) is 29.8 Å². The van der Waals surface area contributed by atoms with Gasteiger partial charge < -0.3 is 30.6 Å². The highest BCUT2D eigenvalue weighted by atomic mass is 16.5. The van der Waals surface area contributed by atoms with Gasteiger partial charge in [0.15, 0.2) is 0 Å². The van der Waals surface area contributed by atoms with Crippen molar-refractivity contribution in [1.29, 1.82) is 0 Å². The zero-order chi connectivity index (χ0) is 29.2. The molecule has 0 unspecified atom stereocenters. The zero-order valence-corrected chi connectivity index (χ0v) is 23.7. The van der Waals surface area contributed by atoms with Crippen LogP contribution in [0, 0.1) is 0 Å². The number of nitrogens with one attached hydrogen (secondary N) is 3. The van der Waals surface area contributed by atoms with Crippen LogP contribution in [0.25, 0.3) is 22.0 Å². The van der Waals surface area contributed by atoms with Crippen LogP contribution in [0.5, 0.6) is 5.75 Å². The molecule has 8 nitrogen and oxygen atoms in total. The summed E-state index contributed by atoms with van der Waals surface area (Å²) in [7, 11) is 0. The fraction of sp³-hybridized carbons (Fsp3) is 0.333. The van der Waals surface area contributed by atoms with E-state index in [-0.39, 0.29) is 31.1 Å². The van der Waals surface area contributed by atoms with E-state index in [1.54, 1.807) is 24.3 Å². The number of ether oxygens (including phenoxy) is 1. The monoisotopic (exact) mass is 557 g/mol. The predicted molar refractivity (Wildman–Crippen MR) is 161 cm³/mol. The number of benzene rings is 3. The van der Waals surface area contributed by atoms with Gasteiger partial charge in [-0.2, -0.15) is 0 Å². The van der Waals surface area contributed by atoms with Gasteiger partial charge in [0.2, 0.25) is 0 Å². The van der Waals surface area contributed by atoms with Crippen LogP contribution in [-0.4, -0.2) is 58.9 Å². The Morgan fingerprint density at radius 2 is 1.66 bits per heavy atom. The Morgan fingerprint density at radius 3 is 2.39 bits per heavy atom. The molecule has 0 bridgehead atoms. The number of aliphatic hydroxyl groups excluding tert-OH is 2. The summed E-state index contributed by atoms with van der Waals surface area (Å²) < 4.78 is 5.95. The smallest absolute Gasteiger partial charge is 0.255 e. The van der Waals surface area contributed by atoms with Gasteiger partial charge in [0.05, 0.1) is 24.3 Å². The van der Waals surface area contributed by atoms with Gasteiger partial charge in [0.1, 0.15) is 5.75 Å². The second kappa shape index (κ2) is 14.5. The van der Waals surface area contributed by atoms with E-state index < -0.39 is 6.04 Å². The first-order valence-corrected chi connectivity index (χ1v) is 14.2. The van der Waals surface area contributed by atoms with Crippen LogP contribution in [0.4, 0.5) is 0 Å². The second-order valence-corrected chi connectivity index (χ2v) is 10.4. The average molecular weight is 558 g/mol. The van der Waals surface area contributed by atoms with Crippen molar-refractivity contribution in [2.24, 2.45) is 0 Å². The van der Waals surface area contributed by atoms with E-state index >= 15 is 0 Å². The molecule has 2 amide bonds. The standard InChI is InChI=1S/C33H39N3O5/c1-22(2)41-31-15-14-25(23-10-12-24(13-11-23)32(39)34-16-6-3-7-17-37)19-29(31)33(40)36-27(21-38)18-26-20-35-30-9-5-4-8-28(26)30/h4-5,8-15,19-20,22,27,35,37-38H,3,6-7,16-18,21H2,1-2H3,(H,34,39)(H,36,40)/t27-/m1/s1. The van der Waals surface area contributed by atoms with Crippen LogP contribution in [0.15, 0.2) is 72.9 Å². The summed E-state index contributed by atoms with van der Waals surface area (Å²) in [6.45, 7) is 4.32. The number of carbonyl (C=O) groups is 2. The van der Waals surface area contributed by atoms with E-state index in [0.717, 1.165) is 46.9 Å². The number of amides is 2. The number of para-hydroxylation sites is 1. The van der Waals surface area contributed by atoms with E-state index in [1.807, 2.05) is 62.5 Å². The lowest BCUT2D eigenvalue weighted by Crippen LogP contribution is -2.39. The van der Waals surface area contributed by atoms with E-state index in [2.05, 4.69) is 15.6 Å². The minimum Gasteiger partial charge on any atom is -0.490 e. The van der Waals surface area contributed by atoms with Crippen LogP contribution >= 0.6 is 0 Å². The van der Waals surface area contributed by atoms with Gasteiger partial charge >= 0.3 is 0 Å². The van der Waals surface area contributed by atoms with E-state index in [1.165, 1.54) is 0 Å². The number of unbranched alkanes of at least 4 members (excludes halogenated alkanes) is 2. The molecule has 0 spiro atoms. The summed E-state index contributed by atoms with van der Waals surface area (Å²) >= 11 is 0. The highest BCUT2D eigenvalue weighted by Gasteiger charge is 2.20. The zero-order valence-electron chi connectivity index (χ0n) is 23.7. The second-order valence-electron chi connectivity index (χ2n) is 10.4. The van der Waals surface area contributed by atoms with Gasteiger partial charge in [-0.25, -0.2) is 0 Å². The Kier molecular flexibility index (Phi) is 10.5. The van der Waals surface area contributed by atoms with Crippen LogP contribution in [0.3, 0.4) is 0 Å². The van der Waals surface area contributed by atoms with Gasteiger partial charge in [-0.3, -0.25) is 9.59 Å². The summed E-state index contributed by atoms with van der Waals surface area (Å²) in [6.07, 6.45) is 4.67. The van der Waals surface area contributed by atoms with E-state index in [9.17, 15) is 14.7 Å². The molecule has 0 radical (unpaired) electrons. The maximum absolute atomic E-state index is 13.5. The summed E-state index contributed by atoms with van der Waals surface area (Å²) in [4.78, 5) is 29.2. The maximum Gasteiger partial charge on any atom is 0.255 e. The van der Waals surface area contributed by atoms with Crippen molar-refractivity contribution in [2.75, 3.05) is 19.8 Å². The molecule has 216 valence electrons. The predicted octanol–water partition coefficient (Wildman–Crippen LogP) is 4.85. The molecule has 1 heterocycles. The van der Waals surface area contributed by atoms with Crippen molar-refractivity contribution >= 4 is 22.7 Å². The number of aliphatic hydroxyl groups is 2. The molecule has 0 saturated carbocycles. The Balaban J connectivity index is 1.49. The van der Waals surface area contributed by atoms with Gasteiger partial charge in [0, 0.05) is 35.8 Å². The molecule has 0 aliphatic heterocycles. The molecule has 0 saturated heterocycles. The molecular formula is C33H39N3O5. The normalized spacial score (nSPS) is 11.9. The van der Waals surface area contributed by atoms with Crippen LogP contribution < -0.4 is 15.4 Å². The largest absolute Gasteiger partial charge is 0.490 e. The van der Waals surface area contributed by atoms with Crippen molar-refractivity contribution in [2.45, 2.75) is 51.7 Å². The first-order chi connectivity index (χ1) is 19.9. The highest BCUT2D eigenvalue weighted by Crippen LogP contribution is 2.28. The van der Waals surface area contributed by atoms with E-state index in [4.69, 9.17) is 9.84 Å². The number of hydrogen-bond donors (Lipinski definition) is 5. The molecule has 0 fully saturated rings. The lowest BCUT2D eigenvalue weighted by molar-refractivity contribution is 0.0909. The third-order valence-corrected chi connectivity index (χ3v) is 6.88. The minimum absolute atomic E-state index is 0.131. The lowest BCUT2D eigenvalue weighted by atomic mass is 10.00. The van der Waals surface area contributed by atoms with Crippen molar-refractivity contribution in [3.63, 3.8) is 0 Å². The number of fused-ring (bicyclic) bond motifs is 1. The summed E-state index contributed by atoms with van der Waals surface area (Å²) in [6, 6.07) is 20.1. The molecule has 0 aliphatic carbocycles. The van der Waals surface area contributed by atoms with Crippen LogP contribution in [-0.2, 0) is 6.42 Å². The fourth-order valence-corrected chi connectivity index (χ4v) is 4.77. The Bertz CT molecular complexity index is 1450. The molecule has 5 N–H and O–H groups in total. The molecule has 1 atom stereocenters. The number of rotatable bonds is 14. The van der Waals surface area contributed by atoms with Crippen molar-refractivity contribution in [1.82, 2.24) is 15.6 Å². The number of hydrogen-bond acceptors (Lipinski definition) is 5. The average Bonchev–Trinajstić information content (AvgIpc) is 3.39. The van der Waals surface area contributed by atoms with Gasteiger partial charge in [-0.1, -0.05) is 36.4 Å². The fourth-order valence-electron chi connectivity index (χ4n) is 4.77. The third-order valence-electron chi connectivity index (χ3n) is 6.88. The summed E-state index contributed by atoms with van der Waals surface area (Å²) in [5, 5.41) is 25.9. The number of carbonyl (C=O) groups excluding carboxylic acids is 2. The van der Waals surface area contributed by atoms with Crippen LogP contribution in [0.2, 0.25) is 0 Å². The molecule has 8 heteroatoms. The van der Waals surface area contributed by atoms with Crippen LogP contribution in [0.1, 0.15) is 59.4 Å². The SMILES string of the molecule is CC(C)Oc1ccc(-c2ccc(C(=O)NCCCCCO)cc2)cc1C(=O)N[C@@H](CO)Cc1c[nH]c2ccccc12. The van der Waals surface area contributed by atoms with Crippen molar-refractivity contribution in [3.8, 4) is 16.9 Å². The molecule has 3 aromatic carbocycles. The number of H-pyrrole nitrogens is 1. The highest BCUT2D eigenvalue weighted by molar-refractivity contribution is 5.99. The Hall–Kier alpha value is -4.14. The molecule has 0 aliphatic rings. The van der Waals surface area contributed by atoms with Gasteiger partial charge in [0.25, 0.3) is 11.8 Å². The molecule has 1 aromatic heterocycles. The van der Waals surface area contributed by atoms with Gasteiger partial charge in [-0.15, -0.1) is 0 Å². The van der Waals surface area contributed by atoms with Crippen molar-refractivity contribution in [3.05, 3.63) is 89.6 Å². The molecular weight excluding hydrogens is 518 g/mol.